The van der Waals surface area contributed by atoms with E-state index in [1.165, 1.54) is 0 Å². The molecule has 0 bridgehead atoms. The van der Waals surface area contributed by atoms with Crippen LogP contribution in [0.5, 0.6) is 0 Å². The van der Waals surface area contributed by atoms with E-state index in [2.05, 4.69) is 15.9 Å². The zero-order chi connectivity index (χ0) is 13.3. The highest BCUT2D eigenvalue weighted by atomic mass is 79.9. The Labute approximate surface area is 115 Å². The minimum absolute atomic E-state index is 0.173. The Balaban J connectivity index is 2.04. The van der Waals surface area contributed by atoms with Gasteiger partial charge >= 0.3 is 0 Å². The number of nitrogens with zero attached hydrogens (tertiary/aromatic N) is 1. The molecule has 1 amide bonds. The third kappa shape index (κ3) is 2.74. The predicted octanol–water partition coefficient (Wildman–Crippen LogP) is 3.38. The van der Waals surface area contributed by atoms with Crippen LogP contribution < -0.4 is 0 Å². The number of benzene rings is 1. The quantitative estimate of drug-likeness (QED) is 0.783. The maximum absolute atomic E-state index is 13.9. The number of amides is 1. The van der Waals surface area contributed by atoms with Crippen molar-refractivity contribution in [2.75, 3.05) is 13.6 Å². The molecule has 1 saturated carbocycles. The monoisotopic (exact) mass is 313 g/mol. The second kappa shape index (κ2) is 5.39. The number of hydrogen-bond acceptors (Lipinski definition) is 1. The third-order valence-electron chi connectivity index (χ3n) is 3.48. The van der Waals surface area contributed by atoms with Crippen molar-refractivity contribution in [3.63, 3.8) is 0 Å². The van der Waals surface area contributed by atoms with Gasteiger partial charge in [-0.05, 0) is 37.3 Å². The smallest absolute Gasteiger partial charge is 0.256 e. The third-order valence-corrected chi connectivity index (χ3v) is 4.23. The Morgan fingerprint density at radius 2 is 2.17 bits per heavy atom. The molecule has 0 heterocycles. The number of carbonyl (C=O) groups is 1. The molecule has 2 nitrogen and oxygen atoms in total. The van der Waals surface area contributed by atoms with Crippen molar-refractivity contribution in [3.05, 3.63) is 35.1 Å². The van der Waals surface area contributed by atoms with Crippen molar-refractivity contribution in [1.29, 1.82) is 0 Å². The van der Waals surface area contributed by atoms with Crippen molar-refractivity contribution >= 4 is 21.8 Å². The first-order chi connectivity index (χ1) is 8.49. The van der Waals surface area contributed by atoms with Crippen LogP contribution in [0.2, 0.25) is 0 Å². The first kappa shape index (κ1) is 13.5. The maximum atomic E-state index is 13.9. The van der Waals surface area contributed by atoms with Crippen molar-refractivity contribution in [2.24, 2.45) is 5.92 Å². The summed E-state index contributed by atoms with van der Waals surface area (Å²) in [6, 6.07) is 4.94. The van der Waals surface area contributed by atoms with Gasteiger partial charge in [0.2, 0.25) is 0 Å². The molecular weight excluding hydrogens is 297 g/mol. The van der Waals surface area contributed by atoms with Crippen LogP contribution in [0.3, 0.4) is 0 Å². The summed E-state index contributed by atoms with van der Waals surface area (Å²) in [4.78, 5) is 14.4. The van der Waals surface area contributed by atoms with E-state index in [1.54, 1.807) is 37.1 Å². The van der Waals surface area contributed by atoms with Crippen molar-refractivity contribution in [2.45, 2.75) is 24.6 Å². The van der Waals surface area contributed by atoms with Crippen LogP contribution in [0.4, 0.5) is 4.39 Å². The summed E-state index contributed by atoms with van der Waals surface area (Å²) < 4.78 is 13.9. The lowest BCUT2D eigenvalue weighted by atomic mass is 9.85. The van der Waals surface area contributed by atoms with Crippen molar-refractivity contribution < 1.29 is 9.18 Å². The van der Waals surface area contributed by atoms with Crippen LogP contribution in [0.1, 0.15) is 28.8 Å². The summed E-state index contributed by atoms with van der Waals surface area (Å²) in [5, 5.41) is 0. The highest BCUT2D eigenvalue weighted by molar-refractivity contribution is 9.09. The molecule has 0 radical (unpaired) electrons. The molecule has 0 N–H and O–H groups in total. The zero-order valence-electron chi connectivity index (χ0n) is 10.6. The molecule has 98 valence electrons. The average Bonchev–Trinajstić information content (AvgIpc) is 2.30. The van der Waals surface area contributed by atoms with Gasteiger partial charge in [-0.3, -0.25) is 4.79 Å². The van der Waals surface area contributed by atoms with Crippen LogP contribution in [-0.4, -0.2) is 29.2 Å². The Bertz CT molecular complexity index is 457. The summed E-state index contributed by atoms with van der Waals surface area (Å²) in [6.07, 6.45) is 2.18. The molecule has 2 rings (SSSR count). The molecule has 4 heteroatoms. The molecule has 1 aliphatic carbocycles. The molecule has 0 aliphatic heterocycles. The van der Waals surface area contributed by atoms with Gasteiger partial charge < -0.3 is 4.90 Å². The minimum Gasteiger partial charge on any atom is -0.341 e. The Morgan fingerprint density at radius 3 is 2.78 bits per heavy atom. The highest BCUT2D eigenvalue weighted by Gasteiger charge is 2.29. The van der Waals surface area contributed by atoms with Gasteiger partial charge in [-0.15, -0.1) is 0 Å². The van der Waals surface area contributed by atoms with Crippen LogP contribution in [0.25, 0.3) is 0 Å². The molecule has 0 saturated heterocycles. The molecule has 1 aromatic rings. The maximum Gasteiger partial charge on any atom is 0.256 e. The standard InChI is InChI=1S/C14H17BrFNO/c1-9-4-3-5-12(13(9)16)14(18)17(2)8-10-6-11(15)7-10/h3-5,10-11H,6-8H2,1-2H3. The predicted molar refractivity (Wildman–Crippen MR) is 73.5 cm³/mol. The number of halogens is 2. The summed E-state index contributed by atoms with van der Waals surface area (Å²) in [5.74, 6) is -0.0910. The number of carbonyl (C=O) groups excluding carboxylic acids is 1. The lowest BCUT2D eigenvalue weighted by Gasteiger charge is -2.34. The zero-order valence-corrected chi connectivity index (χ0v) is 12.2. The average molecular weight is 314 g/mol. The van der Waals surface area contributed by atoms with Crippen molar-refractivity contribution in [1.82, 2.24) is 4.90 Å². The Kier molecular flexibility index (Phi) is 4.05. The fourth-order valence-electron chi connectivity index (χ4n) is 2.29. The number of rotatable bonds is 3. The van der Waals surface area contributed by atoms with Gasteiger partial charge in [0.1, 0.15) is 5.82 Å². The van der Waals surface area contributed by atoms with Crippen LogP contribution >= 0.6 is 15.9 Å². The molecule has 0 atom stereocenters. The number of hydrogen-bond donors (Lipinski definition) is 0. The molecule has 1 aromatic carbocycles. The molecule has 0 aromatic heterocycles. The van der Waals surface area contributed by atoms with E-state index >= 15 is 0 Å². The van der Waals surface area contributed by atoms with Gasteiger partial charge in [0, 0.05) is 18.4 Å². The van der Waals surface area contributed by atoms with Gasteiger partial charge in [0.25, 0.3) is 5.91 Å². The summed E-state index contributed by atoms with van der Waals surface area (Å²) in [5.41, 5.74) is 0.686. The Morgan fingerprint density at radius 1 is 1.50 bits per heavy atom. The lowest BCUT2D eigenvalue weighted by Crippen LogP contribution is -2.38. The van der Waals surface area contributed by atoms with E-state index in [1.807, 2.05) is 0 Å². The van der Waals surface area contributed by atoms with Crippen LogP contribution in [0, 0.1) is 18.7 Å². The van der Waals surface area contributed by atoms with E-state index in [0.717, 1.165) is 12.8 Å². The molecular formula is C14H17BrFNO. The molecule has 0 spiro atoms. The summed E-state index contributed by atoms with van der Waals surface area (Å²) in [6.45, 7) is 2.38. The van der Waals surface area contributed by atoms with Gasteiger partial charge in [-0.25, -0.2) is 4.39 Å². The second-order valence-corrected chi connectivity index (χ2v) is 6.35. The second-order valence-electron chi connectivity index (χ2n) is 5.06. The first-order valence-electron chi connectivity index (χ1n) is 6.13. The van der Waals surface area contributed by atoms with Crippen LogP contribution in [0.15, 0.2) is 18.2 Å². The van der Waals surface area contributed by atoms with E-state index in [9.17, 15) is 9.18 Å². The van der Waals surface area contributed by atoms with Gasteiger partial charge in [0.05, 0.1) is 5.56 Å². The largest absolute Gasteiger partial charge is 0.341 e. The highest BCUT2D eigenvalue weighted by Crippen LogP contribution is 2.33. The first-order valence-corrected chi connectivity index (χ1v) is 7.05. The van der Waals surface area contributed by atoms with E-state index in [0.29, 0.717) is 22.9 Å². The van der Waals surface area contributed by atoms with Gasteiger partial charge in [0.15, 0.2) is 0 Å². The molecule has 1 aliphatic rings. The van der Waals surface area contributed by atoms with E-state index < -0.39 is 5.82 Å². The van der Waals surface area contributed by atoms with Gasteiger partial charge in [-0.2, -0.15) is 0 Å². The number of aryl methyl sites for hydroxylation is 1. The number of alkyl halides is 1. The molecule has 0 unspecified atom stereocenters. The SMILES string of the molecule is Cc1cccc(C(=O)N(C)CC2CC(Br)C2)c1F. The minimum atomic E-state index is -0.402. The molecule has 1 fully saturated rings. The van der Waals surface area contributed by atoms with E-state index in [4.69, 9.17) is 0 Å². The normalized spacial score (nSPS) is 22.4. The fraction of sp³-hybridized carbons (Fsp3) is 0.500. The fourth-order valence-corrected chi connectivity index (χ4v) is 3.35. The molecule has 18 heavy (non-hydrogen) atoms. The Hall–Kier alpha value is -0.900. The summed E-state index contributed by atoms with van der Waals surface area (Å²) in [7, 11) is 1.74. The summed E-state index contributed by atoms with van der Waals surface area (Å²) >= 11 is 3.53. The topological polar surface area (TPSA) is 20.3 Å². The van der Waals surface area contributed by atoms with Gasteiger partial charge in [-0.1, -0.05) is 28.1 Å². The van der Waals surface area contributed by atoms with E-state index in [-0.39, 0.29) is 11.5 Å². The van der Waals surface area contributed by atoms with Crippen molar-refractivity contribution in [3.8, 4) is 0 Å². The van der Waals surface area contributed by atoms with Crippen LogP contribution in [-0.2, 0) is 0 Å². The lowest BCUT2D eigenvalue weighted by molar-refractivity contribution is 0.0744.